The Morgan fingerprint density at radius 3 is 2.73 bits per heavy atom. The van der Waals surface area contributed by atoms with Crippen molar-refractivity contribution in [1.82, 2.24) is 14.8 Å². The lowest BCUT2D eigenvalue weighted by molar-refractivity contribution is 0.157. The number of rotatable bonds is 4. The van der Waals surface area contributed by atoms with E-state index >= 15 is 0 Å². The fourth-order valence-electron chi connectivity index (χ4n) is 3.12. The van der Waals surface area contributed by atoms with Gasteiger partial charge in [-0.1, -0.05) is 12.1 Å². The highest BCUT2D eigenvalue weighted by Gasteiger charge is 2.24. The van der Waals surface area contributed by atoms with Crippen LogP contribution in [0.5, 0.6) is 5.75 Å². The Bertz CT molecular complexity index is 763. The van der Waals surface area contributed by atoms with Crippen LogP contribution in [0.1, 0.15) is 5.56 Å². The third-order valence-electron chi connectivity index (χ3n) is 4.52. The summed E-state index contributed by atoms with van der Waals surface area (Å²) in [6, 6.07) is 9.33. The summed E-state index contributed by atoms with van der Waals surface area (Å²) in [5.74, 6) is 0.443. The monoisotopic (exact) mass is 358 g/mol. The molecule has 1 aliphatic rings. The van der Waals surface area contributed by atoms with Crippen LogP contribution in [0.3, 0.4) is 0 Å². The normalized spacial score (nSPS) is 14.3. The molecule has 0 N–H and O–H groups in total. The summed E-state index contributed by atoms with van der Waals surface area (Å²) in [7, 11) is 3.41. The summed E-state index contributed by atoms with van der Waals surface area (Å²) in [5, 5.41) is 0. The molecule has 6 nitrogen and oxygen atoms in total. The number of urea groups is 1. The van der Waals surface area contributed by atoms with Crippen molar-refractivity contribution in [3.8, 4) is 5.75 Å². The average molecular weight is 358 g/mol. The number of benzene rings is 1. The Morgan fingerprint density at radius 1 is 1.27 bits per heavy atom. The van der Waals surface area contributed by atoms with Crippen molar-refractivity contribution < 1.29 is 13.9 Å². The first kappa shape index (κ1) is 18.0. The summed E-state index contributed by atoms with van der Waals surface area (Å²) >= 11 is 0. The SMILES string of the molecule is COc1cccc(CN(C)C(=O)N2CCN(c3ccncc3F)CC2)c1. The Balaban J connectivity index is 1.56. The third kappa shape index (κ3) is 4.04. The summed E-state index contributed by atoms with van der Waals surface area (Å²) in [5.41, 5.74) is 1.55. The van der Waals surface area contributed by atoms with Crippen LogP contribution >= 0.6 is 0 Å². The van der Waals surface area contributed by atoms with Gasteiger partial charge in [-0.25, -0.2) is 9.18 Å². The van der Waals surface area contributed by atoms with E-state index in [4.69, 9.17) is 4.74 Å². The lowest BCUT2D eigenvalue weighted by atomic mass is 10.2. The van der Waals surface area contributed by atoms with Crippen LogP contribution in [0, 0.1) is 5.82 Å². The Morgan fingerprint density at radius 2 is 2.04 bits per heavy atom. The van der Waals surface area contributed by atoms with Crippen LogP contribution in [0.2, 0.25) is 0 Å². The molecule has 138 valence electrons. The molecule has 0 atom stereocenters. The number of anilines is 1. The van der Waals surface area contributed by atoms with E-state index in [1.165, 1.54) is 6.20 Å². The summed E-state index contributed by atoms with van der Waals surface area (Å²) < 4.78 is 19.1. The molecule has 1 saturated heterocycles. The molecule has 0 radical (unpaired) electrons. The van der Waals surface area contributed by atoms with Crippen LogP contribution in [0.4, 0.5) is 14.9 Å². The lowest BCUT2D eigenvalue weighted by Crippen LogP contribution is -2.52. The van der Waals surface area contributed by atoms with Gasteiger partial charge in [-0.15, -0.1) is 0 Å². The molecular weight excluding hydrogens is 335 g/mol. The number of methoxy groups -OCH3 is 1. The molecule has 1 aromatic heterocycles. The Labute approximate surface area is 152 Å². The second kappa shape index (κ2) is 8.03. The maximum atomic E-state index is 13.9. The van der Waals surface area contributed by atoms with Gasteiger partial charge < -0.3 is 19.4 Å². The summed E-state index contributed by atoms with van der Waals surface area (Å²) in [6.45, 7) is 2.82. The zero-order valence-electron chi connectivity index (χ0n) is 15.1. The largest absolute Gasteiger partial charge is 0.497 e. The smallest absolute Gasteiger partial charge is 0.320 e. The van der Waals surface area contributed by atoms with Crippen molar-refractivity contribution in [2.45, 2.75) is 6.54 Å². The van der Waals surface area contributed by atoms with Crippen molar-refractivity contribution >= 4 is 11.7 Å². The van der Waals surface area contributed by atoms with Gasteiger partial charge in [0.05, 0.1) is 19.0 Å². The first-order chi connectivity index (χ1) is 12.6. The van der Waals surface area contributed by atoms with Gasteiger partial charge in [-0.2, -0.15) is 0 Å². The Hall–Kier alpha value is -2.83. The van der Waals surface area contributed by atoms with Gasteiger partial charge in [0.2, 0.25) is 0 Å². The van der Waals surface area contributed by atoms with E-state index < -0.39 is 0 Å². The van der Waals surface area contributed by atoms with E-state index in [1.54, 1.807) is 36.2 Å². The van der Waals surface area contributed by atoms with Gasteiger partial charge in [0.25, 0.3) is 0 Å². The maximum Gasteiger partial charge on any atom is 0.320 e. The van der Waals surface area contributed by atoms with Crippen LogP contribution in [0.15, 0.2) is 42.7 Å². The van der Waals surface area contributed by atoms with Crippen molar-refractivity contribution in [3.05, 3.63) is 54.1 Å². The first-order valence-electron chi connectivity index (χ1n) is 8.56. The average Bonchev–Trinajstić information content (AvgIpc) is 2.68. The number of aromatic nitrogens is 1. The van der Waals surface area contributed by atoms with Crippen LogP contribution < -0.4 is 9.64 Å². The predicted molar refractivity (Wildman–Crippen MR) is 97.8 cm³/mol. The summed E-state index contributed by atoms with van der Waals surface area (Å²) in [4.78, 5) is 21.9. The number of nitrogens with zero attached hydrogens (tertiary/aromatic N) is 4. The molecule has 26 heavy (non-hydrogen) atoms. The van der Waals surface area contributed by atoms with Crippen LogP contribution in [-0.4, -0.2) is 61.2 Å². The molecule has 0 spiro atoms. The second-order valence-electron chi connectivity index (χ2n) is 6.29. The zero-order chi connectivity index (χ0) is 18.5. The number of carbonyl (C=O) groups excluding carboxylic acids is 1. The minimum Gasteiger partial charge on any atom is -0.497 e. The third-order valence-corrected chi connectivity index (χ3v) is 4.52. The minimum absolute atomic E-state index is 0.0253. The number of ether oxygens (including phenoxy) is 1. The number of piperazine rings is 1. The van der Waals surface area contributed by atoms with E-state index in [-0.39, 0.29) is 11.8 Å². The fourth-order valence-corrected chi connectivity index (χ4v) is 3.12. The van der Waals surface area contributed by atoms with Crippen molar-refractivity contribution in [3.63, 3.8) is 0 Å². The number of carbonyl (C=O) groups is 1. The molecule has 0 unspecified atom stereocenters. The van der Waals surface area contributed by atoms with Crippen molar-refractivity contribution in [2.75, 3.05) is 45.2 Å². The summed E-state index contributed by atoms with van der Waals surface area (Å²) in [6.07, 6.45) is 2.80. The highest BCUT2D eigenvalue weighted by molar-refractivity contribution is 5.74. The molecule has 2 heterocycles. The molecule has 7 heteroatoms. The van der Waals surface area contributed by atoms with E-state index in [0.717, 1.165) is 11.3 Å². The number of hydrogen-bond acceptors (Lipinski definition) is 4. The molecule has 2 aromatic rings. The second-order valence-corrected chi connectivity index (χ2v) is 6.29. The molecule has 0 aliphatic carbocycles. The number of halogens is 1. The predicted octanol–water partition coefficient (Wildman–Crippen LogP) is 2.60. The van der Waals surface area contributed by atoms with Gasteiger partial charge >= 0.3 is 6.03 Å². The van der Waals surface area contributed by atoms with Gasteiger partial charge in [0.1, 0.15) is 5.75 Å². The molecule has 3 rings (SSSR count). The zero-order valence-corrected chi connectivity index (χ0v) is 15.1. The lowest BCUT2D eigenvalue weighted by Gasteiger charge is -2.37. The highest BCUT2D eigenvalue weighted by atomic mass is 19.1. The molecule has 1 fully saturated rings. The molecule has 0 bridgehead atoms. The number of hydrogen-bond donors (Lipinski definition) is 0. The standard InChI is InChI=1S/C19H23FN4O2/c1-22(14-15-4-3-5-16(12-15)26-2)19(25)24-10-8-23(9-11-24)18-6-7-21-13-17(18)20/h3-7,12-13H,8-11,14H2,1-2H3. The topological polar surface area (TPSA) is 48.9 Å². The van der Waals surface area contributed by atoms with E-state index in [2.05, 4.69) is 4.98 Å². The van der Waals surface area contributed by atoms with Crippen molar-refractivity contribution in [2.24, 2.45) is 0 Å². The molecule has 1 aliphatic heterocycles. The molecule has 1 aromatic carbocycles. The van der Waals surface area contributed by atoms with Crippen LogP contribution in [0.25, 0.3) is 0 Å². The van der Waals surface area contributed by atoms with Crippen LogP contribution in [-0.2, 0) is 6.54 Å². The van der Waals surface area contributed by atoms with E-state index in [9.17, 15) is 9.18 Å². The first-order valence-corrected chi connectivity index (χ1v) is 8.56. The highest BCUT2D eigenvalue weighted by Crippen LogP contribution is 2.20. The minimum atomic E-state index is -0.331. The Kier molecular flexibility index (Phi) is 5.55. The fraction of sp³-hybridized carbons (Fsp3) is 0.368. The van der Waals surface area contributed by atoms with Gasteiger partial charge in [-0.3, -0.25) is 4.98 Å². The van der Waals surface area contributed by atoms with Gasteiger partial charge in [-0.05, 0) is 23.8 Å². The molecule has 0 saturated carbocycles. The number of amides is 2. The number of pyridine rings is 1. The quantitative estimate of drug-likeness (QED) is 0.843. The molecule has 2 amide bonds. The van der Waals surface area contributed by atoms with E-state index in [1.807, 2.05) is 29.2 Å². The maximum absolute atomic E-state index is 13.9. The van der Waals surface area contributed by atoms with Gasteiger partial charge in [0.15, 0.2) is 5.82 Å². The van der Waals surface area contributed by atoms with E-state index in [0.29, 0.717) is 38.4 Å². The molecular formula is C19H23FN4O2. The van der Waals surface area contributed by atoms with Gasteiger partial charge in [0, 0.05) is 46.0 Å². The van der Waals surface area contributed by atoms with Crippen molar-refractivity contribution in [1.29, 1.82) is 0 Å².